The van der Waals surface area contributed by atoms with E-state index < -0.39 is 18.2 Å². The fourth-order valence-corrected chi connectivity index (χ4v) is 2.60. The van der Waals surface area contributed by atoms with Crippen LogP contribution in [0.1, 0.15) is 24.2 Å². The first-order chi connectivity index (χ1) is 10.2. The van der Waals surface area contributed by atoms with Crippen molar-refractivity contribution < 1.29 is 14.3 Å². The van der Waals surface area contributed by atoms with Gasteiger partial charge in [-0.2, -0.15) is 0 Å². The minimum atomic E-state index is -0.592. The first-order valence-corrected chi connectivity index (χ1v) is 6.81. The monoisotopic (exact) mass is 281 g/mol. The predicted molar refractivity (Wildman–Crippen MR) is 78.9 cm³/mol. The minimum absolute atomic E-state index is 0.434. The maximum Gasteiger partial charge on any atom is 0.408 e. The molecular weight excluding hydrogens is 266 g/mol. The second kappa shape index (κ2) is 5.40. The molecule has 0 aliphatic heterocycles. The number of rotatable bonds is 3. The molecule has 2 aromatic carbocycles. The van der Waals surface area contributed by atoms with Gasteiger partial charge in [0.1, 0.15) is 6.29 Å². The molecule has 4 nitrogen and oxygen atoms in total. The molecule has 2 aromatic rings. The van der Waals surface area contributed by atoms with Gasteiger partial charge in [-0.15, -0.1) is 0 Å². The van der Waals surface area contributed by atoms with Crippen LogP contribution in [-0.2, 0) is 9.53 Å². The first kappa shape index (κ1) is 13.4. The topological polar surface area (TPSA) is 55.4 Å². The molecule has 0 unspecified atom stereocenters. The summed E-state index contributed by atoms with van der Waals surface area (Å²) >= 11 is 0. The van der Waals surface area contributed by atoms with Crippen LogP contribution in [-0.4, -0.2) is 18.4 Å². The second-order valence-electron chi connectivity index (χ2n) is 5.03. The van der Waals surface area contributed by atoms with Gasteiger partial charge < -0.3 is 14.8 Å². The quantitative estimate of drug-likeness (QED) is 0.880. The highest BCUT2D eigenvalue weighted by atomic mass is 16.6. The van der Waals surface area contributed by atoms with Crippen molar-refractivity contribution in [3.05, 3.63) is 59.7 Å². The number of carbonyl (C=O) groups excluding carboxylic acids is 2. The lowest BCUT2D eigenvalue weighted by atomic mass is 10.1. The van der Waals surface area contributed by atoms with Gasteiger partial charge in [0, 0.05) is 11.1 Å². The smallest absolute Gasteiger partial charge is 0.408 e. The zero-order valence-corrected chi connectivity index (χ0v) is 11.6. The van der Waals surface area contributed by atoms with Gasteiger partial charge in [0.05, 0.1) is 6.04 Å². The molecule has 4 heteroatoms. The number of fused-ring (bicyclic) bond motifs is 3. The van der Waals surface area contributed by atoms with Gasteiger partial charge in [-0.25, -0.2) is 4.79 Å². The van der Waals surface area contributed by atoms with Crippen molar-refractivity contribution in [2.24, 2.45) is 0 Å². The molecule has 0 spiro atoms. The lowest BCUT2D eigenvalue weighted by molar-refractivity contribution is -0.109. The van der Waals surface area contributed by atoms with E-state index >= 15 is 0 Å². The third-order valence-electron chi connectivity index (χ3n) is 3.55. The third kappa shape index (κ3) is 2.40. The Labute approximate surface area is 122 Å². The molecule has 0 bridgehead atoms. The van der Waals surface area contributed by atoms with E-state index in [1.807, 2.05) is 48.5 Å². The molecular formula is C17H15NO3. The zero-order valence-electron chi connectivity index (χ0n) is 11.6. The summed E-state index contributed by atoms with van der Waals surface area (Å²) in [5.74, 6) is 0. The lowest BCUT2D eigenvalue weighted by Crippen LogP contribution is -2.34. The molecule has 3 rings (SSSR count). The van der Waals surface area contributed by atoms with Crippen LogP contribution in [0.2, 0.25) is 0 Å². The molecule has 1 aliphatic carbocycles. The molecule has 1 amide bonds. The minimum Gasteiger partial charge on any atom is -0.436 e. The highest BCUT2D eigenvalue weighted by molar-refractivity contribution is 5.80. The van der Waals surface area contributed by atoms with E-state index in [1.165, 1.54) is 0 Å². The fraction of sp³-hybridized carbons (Fsp3) is 0.176. The number of hydrogen-bond acceptors (Lipinski definition) is 3. The summed E-state index contributed by atoms with van der Waals surface area (Å²) in [5.41, 5.74) is 4.09. The van der Waals surface area contributed by atoms with E-state index in [-0.39, 0.29) is 0 Å². The van der Waals surface area contributed by atoms with Crippen molar-refractivity contribution in [1.29, 1.82) is 0 Å². The third-order valence-corrected chi connectivity index (χ3v) is 3.55. The molecule has 0 saturated heterocycles. The standard InChI is InChI=1S/C17H15NO3/c1-11(10-19)18-17(20)21-16-14-8-4-2-6-12(14)13-7-3-5-9-15(13)16/h2-11,16H,1H3,(H,18,20)/t11-/m0/s1. The van der Waals surface area contributed by atoms with Crippen molar-refractivity contribution in [1.82, 2.24) is 5.32 Å². The zero-order chi connectivity index (χ0) is 14.8. The van der Waals surface area contributed by atoms with Crippen molar-refractivity contribution >= 4 is 12.4 Å². The molecule has 1 aliphatic rings. The number of ether oxygens (including phenoxy) is 1. The van der Waals surface area contributed by atoms with Gasteiger partial charge in [-0.1, -0.05) is 48.5 Å². The summed E-state index contributed by atoms with van der Waals surface area (Å²) in [4.78, 5) is 22.5. The van der Waals surface area contributed by atoms with E-state index in [2.05, 4.69) is 5.32 Å². The number of amides is 1. The molecule has 1 atom stereocenters. The highest BCUT2D eigenvalue weighted by Crippen LogP contribution is 2.44. The van der Waals surface area contributed by atoms with Crippen molar-refractivity contribution in [2.45, 2.75) is 19.1 Å². The Morgan fingerprint density at radius 2 is 1.62 bits per heavy atom. The fourth-order valence-electron chi connectivity index (χ4n) is 2.60. The Morgan fingerprint density at radius 1 is 1.10 bits per heavy atom. The Morgan fingerprint density at radius 3 is 2.14 bits per heavy atom. The SMILES string of the molecule is C[C@@H](C=O)NC(=O)OC1c2ccccc2-c2ccccc21. The summed E-state index contributed by atoms with van der Waals surface area (Å²) in [6, 6.07) is 15.2. The number of alkyl carbamates (subject to hydrolysis) is 1. The molecule has 21 heavy (non-hydrogen) atoms. The number of carbonyl (C=O) groups is 2. The Balaban J connectivity index is 1.92. The average molecular weight is 281 g/mol. The molecule has 0 radical (unpaired) electrons. The van der Waals surface area contributed by atoms with Gasteiger partial charge in [0.25, 0.3) is 0 Å². The molecule has 0 heterocycles. The number of hydrogen-bond donors (Lipinski definition) is 1. The van der Waals surface area contributed by atoms with Crippen molar-refractivity contribution in [3.63, 3.8) is 0 Å². The summed E-state index contributed by atoms with van der Waals surface area (Å²) in [6.07, 6.45) is -0.361. The summed E-state index contributed by atoms with van der Waals surface area (Å²) in [6.45, 7) is 1.60. The summed E-state index contributed by atoms with van der Waals surface area (Å²) in [5, 5.41) is 2.49. The van der Waals surface area contributed by atoms with Crippen LogP contribution < -0.4 is 5.32 Å². The van der Waals surface area contributed by atoms with Gasteiger partial charge in [-0.05, 0) is 18.1 Å². The molecule has 1 N–H and O–H groups in total. The van der Waals surface area contributed by atoms with E-state index in [0.717, 1.165) is 22.3 Å². The van der Waals surface area contributed by atoms with E-state index in [4.69, 9.17) is 4.74 Å². The Kier molecular flexibility index (Phi) is 3.44. The van der Waals surface area contributed by atoms with Crippen molar-refractivity contribution in [3.8, 4) is 11.1 Å². The van der Waals surface area contributed by atoms with Crippen LogP contribution >= 0.6 is 0 Å². The Hall–Kier alpha value is -2.62. The van der Waals surface area contributed by atoms with E-state index in [1.54, 1.807) is 6.92 Å². The first-order valence-electron chi connectivity index (χ1n) is 6.81. The summed E-state index contributed by atoms with van der Waals surface area (Å²) in [7, 11) is 0. The largest absolute Gasteiger partial charge is 0.436 e. The molecule has 0 aromatic heterocycles. The predicted octanol–water partition coefficient (Wildman–Crippen LogP) is 3.07. The van der Waals surface area contributed by atoms with Gasteiger partial charge >= 0.3 is 6.09 Å². The average Bonchev–Trinajstić information content (AvgIpc) is 2.82. The Bertz CT molecular complexity index is 650. The normalized spacial score (nSPS) is 14.0. The summed E-state index contributed by atoms with van der Waals surface area (Å²) < 4.78 is 5.53. The van der Waals surface area contributed by atoms with Crippen LogP contribution in [0.5, 0.6) is 0 Å². The van der Waals surface area contributed by atoms with Crippen LogP contribution in [0.4, 0.5) is 4.79 Å². The van der Waals surface area contributed by atoms with E-state index in [0.29, 0.717) is 6.29 Å². The molecule has 0 fully saturated rings. The van der Waals surface area contributed by atoms with Crippen molar-refractivity contribution in [2.75, 3.05) is 0 Å². The van der Waals surface area contributed by atoms with E-state index in [9.17, 15) is 9.59 Å². The number of benzene rings is 2. The number of nitrogens with one attached hydrogen (secondary N) is 1. The maximum atomic E-state index is 11.9. The van der Waals surface area contributed by atoms with Crippen LogP contribution in [0.25, 0.3) is 11.1 Å². The highest BCUT2D eigenvalue weighted by Gasteiger charge is 2.31. The molecule has 0 saturated carbocycles. The van der Waals surface area contributed by atoms with Crippen LogP contribution in [0.15, 0.2) is 48.5 Å². The van der Waals surface area contributed by atoms with Gasteiger partial charge in [0.15, 0.2) is 6.10 Å². The second-order valence-corrected chi connectivity index (χ2v) is 5.03. The number of aldehydes is 1. The maximum absolute atomic E-state index is 11.9. The lowest BCUT2D eigenvalue weighted by Gasteiger charge is -2.16. The van der Waals surface area contributed by atoms with Gasteiger partial charge in [-0.3, -0.25) is 0 Å². The van der Waals surface area contributed by atoms with Crippen LogP contribution in [0.3, 0.4) is 0 Å². The van der Waals surface area contributed by atoms with Crippen LogP contribution in [0, 0.1) is 0 Å². The molecule has 106 valence electrons. The van der Waals surface area contributed by atoms with Gasteiger partial charge in [0.2, 0.25) is 0 Å².